The van der Waals surface area contributed by atoms with Crippen LogP contribution in [0.3, 0.4) is 0 Å². The van der Waals surface area contributed by atoms with Gasteiger partial charge in [-0.2, -0.15) is 13.2 Å². The second-order valence-electron chi connectivity index (χ2n) is 4.12. The fourth-order valence-electron chi connectivity index (χ4n) is 1.71. The molecule has 1 rings (SSSR count). The first-order chi connectivity index (χ1) is 8.98. The van der Waals surface area contributed by atoms with Crippen LogP contribution in [0, 0.1) is 0 Å². The van der Waals surface area contributed by atoms with Crippen LogP contribution in [0.2, 0.25) is 0 Å². The summed E-state index contributed by atoms with van der Waals surface area (Å²) in [5.74, 6) is 0. The van der Waals surface area contributed by atoms with Crippen LogP contribution in [-0.2, 0) is 11.3 Å². The number of aromatic nitrogens is 3. The Labute approximate surface area is 110 Å². The molecule has 0 saturated heterocycles. The maximum atomic E-state index is 12.1. The van der Waals surface area contributed by atoms with Crippen molar-refractivity contribution in [3.8, 4) is 0 Å². The smallest absolute Gasteiger partial charge is 0.370 e. The van der Waals surface area contributed by atoms with Crippen molar-refractivity contribution in [1.82, 2.24) is 20.3 Å². The first-order valence-electron chi connectivity index (χ1n) is 6.24. The molecule has 1 unspecified atom stereocenters. The van der Waals surface area contributed by atoms with Crippen LogP contribution in [0.5, 0.6) is 0 Å². The lowest BCUT2D eigenvalue weighted by Crippen LogP contribution is -2.29. The first-order valence-corrected chi connectivity index (χ1v) is 6.24. The predicted octanol–water partition coefficient (Wildman–Crippen LogP) is 1.92. The molecule has 0 bridgehead atoms. The van der Waals surface area contributed by atoms with Gasteiger partial charge in [0.15, 0.2) is 0 Å². The number of rotatable bonds is 8. The molecule has 1 N–H and O–H groups in total. The summed E-state index contributed by atoms with van der Waals surface area (Å²) in [7, 11) is 0. The molecule has 8 heteroatoms. The second-order valence-corrected chi connectivity index (χ2v) is 4.12. The molecule has 5 nitrogen and oxygen atoms in total. The number of likely N-dealkylation sites (N-methyl/N-ethyl adjacent to an activating group) is 1. The van der Waals surface area contributed by atoms with Gasteiger partial charge in [-0.05, 0) is 13.0 Å². The second kappa shape index (κ2) is 7.44. The number of hydrogen-bond acceptors (Lipinski definition) is 4. The minimum atomic E-state index is -4.31. The molecule has 110 valence electrons. The molecule has 0 aliphatic heterocycles. The zero-order valence-electron chi connectivity index (χ0n) is 11.1. The Bertz CT molecular complexity index is 367. The molecule has 1 atom stereocenters. The van der Waals surface area contributed by atoms with Crippen molar-refractivity contribution in [2.75, 3.05) is 19.8 Å². The van der Waals surface area contributed by atoms with Gasteiger partial charge in [0, 0.05) is 6.54 Å². The van der Waals surface area contributed by atoms with Crippen molar-refractivity contribution in [2.24, 2.45) is 0 Å². The fraction of sp³-hybridized carbons (Fsp3) is 0.818. The minimum Gasteiger partial charge on any atom is -0.370 e. The summed E-state index contributed by atoms with van der Waals surface area (Å²) < 4.78 is 42.6. The SMILES string of the molecule is CCCn1nncc1C(COCC(F)(F)F)NCC. The lowest BCUT2D eigenvalue weighted by Gasteiger charge is -2.19. The van der Waals surface area contributed by atoms with Crippen LogP contribution in [0.4, 0.5) is 13.2 Å². The van der Waals surface area contributed by atoms with E-state index in [1.807, 2.05) is 13.8 Å². The van der Waals surface area contributed by atoms with E-state index in [0.717, 1.165) is 12.1 Å². The molecule has 0 aromatic carbocycles. The molecule has 0 aliphatic carbocycles. The Kier molecular flexibility index (Phi) is 6.23. The highest BCUT2D eigenvalue weighted by molar-refractivity contribution is 5.02. The summed E-state index contributed by atoms with van der Waals surface area (Å²) in [5.41, 5.74) is 0.742. The van der Waals surface area contributed by atoms with Gasteiger partial charge in [-0.1, -0.05) is 19.1 Å². The Hall–Kier alpha value is -1.15. The zero-order valence-corrected chi connectivity index (χ0v) is 11.1. The highest BCUT2D eigenvalue weighted by atomic mass is 19.4. The topological polar surface area (TPSA) is 52.0 Å². The van der Waals surface area contributed by atoms with Crippen molar-refractivity contribution >= 4 is 0 Å². The fourth-order valence-corrected chi connectivity index (χ4v) is 1.71. The van der Waals surface area contributed by atoms with Gasteiger partial charge in [-0.15, -0.1) is 5.10 Å². The Morgan fingerprint density at radius 2 is 2.16 bits per heavy atom. The Morgan fingerprint density at radius 1 is 1.42 bits per heavy atom. The van der Waals surface area contributed by atoms with E-state index in [2.05, 4.69) is 15.6 Å². The standard InChI is InChI=1S/C11H19F3N4O/c1-3-5-18-10(6-16-17-18)9(15-4-2)7-19-8-11(12,13)14/h6,9,15H,3-5,7-8H2,1-2H3. The van der Waals surface area contributed by atoms with E-state index < -0.39 is 12.8 Å². The van der Waals surface area contributed by atoms with E-state index in [1.54, 1.807) is 10.9 Å². The first kappa shape index (κ1) is 15.9. The molecule has 1 heterocycles. The third-order valence-corrected chi connectivity index (χ3v) is 2.44. The molecule has 0 spiro atoms. The summed E-state index contributed by atoms with van der Waals surface area (Å²) in [5, 5.41) is 10.8. The average Bonchev–Trinajstić information content (AvgIpc) is 2.75. The maximum absolute atomic E-state index is 12.1. The van der Waals surface area contributed by atoms with Crippen molar-refractivity contribution in [1.29, 1.82) is 0 Å². The molecular weight excluding hydrogens is 261 g/mol. The minimum absolute atomic E-state index is 0.0650. The highest BCUT2D eigenvalue weighted by Crippen LogP contribution is 2.17. The van der Waals surface area contributed by atoms with Crippen LogP contribution in [0.15, 0.2) is 6.20 Å². The van der Waals surface area contributed by atoms with Gasteiger partial charge in [-0.25, -0.2) is 4.68 Å². The number of nitrogens with zero attached hydrogens (tertiary/aromatic N) is 3. The van der Waals surface area contributed by atoms with E-state index in [1.165, 1.54) is 0 Å². The number of aryl methyl sites for hydroxylation is 1. The average molecular weight is 280 g/mol. The molecule has 19 heavy (non-hydrogen) atoms. The van der Waals surface area contributed by atoms with Gasteiger partial charge in [0.25, 0.3) is 0 Å². The summed E-state index contributed by atoms with van der Waals surface area (Å²) in [6, 6.07) is -0.339. The Morgan fingerprint density at radius 3 is 2.74 bits per heavy atom. The van der Waals surface area contributed by atoms with Crippen molar-refractivity contribution in [2.45, 2.75) is 39.0 Å². The molecule has 1 aromatic heterocycles. The van der Waals surface area contributed by atoms with Gasteiger partial charge in [-0.3, -0.25) is 0 Å². The van der Waals surface area contributed by atoms with Gasteiger partial charge >= 0.3 is 6.18 Å². The number of nitrogens with one attached hydrogen (secondary N) is 1. The molecule has 0 aliphatic rings. The van der Waals surface area contributed by atoms with Crippen molar-refractivity contribution in [3.63, 3.8) is 0 Å². The molecule has 0 radical (unpaired) electrons. The van der Waals surface area contributed by atoms with Crippen molar-refractivity contribution < 1.29 is 17.9 Å². The largest absolute Gasteiger partial charge is 0.411 e. The molecule has 1 aromatic rings. The number of halogens is 3. The van der Waals surface area contributed by atoms with E-state index in [4.69, 9.17) is 4.74 Å². The van der Waals surface area contributed by atoms with Crippen LogP contribution < -0.4 is 5.32 Å². The zero-order chi connectivity index (χ0) is 14.3. The maximum Gasteiger partial charge on any atom is 0.411 e. The summed E-state index contributed by atoms with van der Waals surface area (Å²) in [6.07, 6.45) is -1.88. The van der Waals surface area contributed by atoms with Crippen LogP contribution in [0.25, 0.3) is 0 Å². The third-order valence-electron chi connectivity index (χ3n) is 2.44. The van der Waals surface area contributed by atoms with Gasteiger partial charge in [0.05, 0.1) is 24.5 Å². The van der Waals surface area contributed by atoms with Gasteiger partial charge < -0.3 is 10.1 Å². The number of hydrogen-bond donors (Lipinski definition) is 1. The van der Waals surface area contributed by atoms with Crippen LogP contribution >= 0.6 is 0 Å². The third kappa shape index (κ3) is 5.56. The summed E-state index contributed by atoms with van der Waals surface area (Å²) in [6.45, 7) is 3.86. The van der Waals surface area contributed by atoms with E-state index >= 15 is 0 Å². The van der Waals surface area contributed by atoms with Crippen LogP contribution in [0.1, 0.15) is 32.0 Å². The number of ether oxygens (including phenoxy) is 1. The van der Waals surface area contributed by atoms with Crippen molar-refractivity contribution in [3.05, 3.63) is 11.9 Å². The van der Waals surface area contributed by atoms with E-state index in [0.29, 0.717) is 13.1 Å². The van der Waals surface area contributed by atoms with E-state index in [-0.39, 0.29) is 12.6 Å². The lowest BCUT2D eigenvalue weighted by molar-refractivity contribution is -0.175. The summed E-state index contributed by atoms with van der Waals surface area (Å²) >= 11 is 0. The molecule has 0 fully saturated rings. The molecule has 0 saturated carbocycles. The van der Waals surface area contributed by atoms with Gasteiger partial charge in [0.2, 0.25) is 0 Å². The Balaban J connectivity index is 2.63. The van der Waals surface area contributed by atoms with E-state index in [9.17, 15) is 13.2 Å². The number of alkyl halides is 3. The van der Waals surface area contributed by atoms with Gasteiger partial charge in [0.1, 0.15) is 6.61 Å². The molecule has 0 amide bonds. The normalized spacial score (nSPS) is 13.7. The predicted molar refractivity (Wildman–Crippen MR) is 63.6 cm³/mol. The van der Waals surface area contributed by atoms with Crippen LogP contribution in [-0.4, -0.2) is 40.9 Å². The monoisotopic (exact) mass is 280 g/mol. The lowest BCUT2D eigenvalue weighted by atomic mass is 10.2. The quantitative estimate of drug-likeness (QED) is 0.790. The molecular formula is C11H19F3N4O. The summed E-state index contributed by atoms with van der Waals surface area (Å²) in [4.78, 5) is 0. The highest BCUT2D eigenvalue weighted by Gasteiger charge is 2.28.